The third-order valence-electron chi connectivity index (χ3n) is 8.39. The molecule has 2 fully saturated rings. The van der Waals surface area contributed by atoms with Gasteiger partial charge in [-0.05, 0) is 55.2 Å². The Kier molecular flexibility index (Phi) is 5.87. The van der Waals surface area contributed by atoms with Crippen LogP contribution >= 0.6 is 0 Å². The molecule has 8 nitrogen and oxygen atoms in total. The topological polar surface area (TPSA) is 94.2 Å². The molecule has 2 N–H and O–H groups in total. The largest absolute Gasteiger partial charge is 0.389 e. The van der Waals surface area contributed by atoms with Gasteiger partial charge < -0.3 is 20.0 Å². The SMILES string of the molecule is C[C@@H]1c2ccccc2C(F)CN1C(=O)c1cc(C2CC2)n2nc(-c3ccc(N4C[C@@H](O)[C@H](O)C4)cc3F)cc2n1. The maximum Gasteiger partial charge on any atom is 0.273 e. The van der Waals surface area contributed by atoms with Crippen LogP contribution in [0.5, 0.6) is 0 Å². The number of aliphatic hydroxyl groups is 2. The summed E-state index contributed by atoms with van der Waals surface area (Å²) in [5, 5.41) is 24.4. The van der Waals surface area contributed by atoms with Crippen molar-refractivity contribution >= 4 is 17.2 Å². The number of benzene rings is 2. The fourth-order valence-corrected chi connectivity index (χ4v) is 5.98. The van der Waals surface area contributed by atoms with Gasteiger partial charge in [0.25, 0.3) is 5.91 Å². The van der Waals surface area contributed by atoms with Gasteiger partial charge in [0.05, 0.1) is 30.5 Å². The van der Waals surface area contributed by atoms with E-state index in [1.165, 1.54) is 11.0 Å². The Bertz CT molecular complexity index is 1630. The van der Waals surface area contributed by atoms with Gasteiger partial charge in [0.2, 0.25) is 0 Å². The third-order valence-corrected chi connectivity index (χ3v) is 8.39. The van der Waals surface area contributed by atoms with Gasteiger partial charge in [0.1, 0.15) is 17.7 Å². The van der Waals surface area contributed by atoms with Gasteiger partial charge in [0, 0.05) is 42.0 Å². The van der Waals surface area contributed by atoms with E-state index in [4.69, 9.17) is 0 Å². The second-order valence-electron chi connectivity index (χ2n) is 11.1. The van der Waals surface area contributed by atoms with Crippen LogP contribution in [-0.2, 0) is 0 Å². The lowest BCUT2D eigenvalue weighted by molar-refractivity contribution is 0.0572. The highest BCUT2D eigenvalue weighted by Gasteiger charge is 2.36. The Balaban J connectivity index is 1.23. The van der Waals surface area contributed by atoms with E-state index in [2.05, 4.69) is 10.1 Å². The second-order valence-corrected chi connectivity index (χ2v) is 11.1. The summed E-state index contributed by atoms with van der Waals surface area (Å²) in [5.74, 6) is -0.614. The smallest absolute Gasteiger partial charge is 0.273 e. The lowest BCUT2D eigenvalue weighted by Crippen LogP contribution is -2.40. The lowest BCUT2D eigenvalue weighted by Gasteiger charge is -2.36. The number of aromatic nitrogens is 3. The van der Waals surface area contributed by atoms with E-state index in [1.54, 1.807) is 39.7 Å². The van der Waals surface area contributed by atoms with Crippen molar-refractivity contribution in [1.29, 1.82) is 0 Å². The highest BCUT2D eigenvalue weighted by atomic mass is 19.1. The molecule has 1 saturated heterocycles. The Hall–Kier alpha value is -3.89. The standard InChI is InChI=1S/C30H29F2N5O3/c1-16-19-4-2-3-5-20(19)23(32)13-36(16)30(40)25-11-26(17-6-7-17)37-29(33-25)12-24(34-37)21-9-8-18(10-22(21)31)35-14-27(38)28(39)15-35/h2-5,8-12,16-17,23,27-28,38-39H,6-7,13-15H2,1H3/t16-,23?,27-,28-/m1/s1. The van der Waals surface area contributed by atoms with Gasteiger partial charge in [-0.1, -0.05) is 24.3 Å². The van der Waals surface area contributed by atoms with Crippen LogP contribution in [0.1, 0.15) is 65.2 Å². The summed E-state index contributed by atoms with van der Waals surface area (Å²) in [7, 11) is 0. The first-order valence-corrected chi connectivity index (χ1v) is 13.6. The van der Waals surface area contributed by atoms with Gasteiger partial charge in [-0.15, -0.1) is 0 Å². The van der Waals surface area contributed by atoms with Gasteiger partial charge in [-0.3, -0.25) is 4.79 Å². The molecule has 10 heteroatoms. The summed E-state index contributed by atoms with van der Waals surface area (Å²) in [6.07, 6.45) is -1.11. The minimum absolute atomic E-state index is 0.0459. The van der Waals surface area contributed by atoms with Crippen LogP contribution in [0.25, 0.3) is 16.9 Å². The lowest BCUT2D eigenvalue weighted by atomic mass is 9.92. The van der Waals surface area contributed by atoms with Crippen LogP contribution in [0.3, 0.4) is 0 Å². The van der Waals surface area contributed by atoms with E-state index < -0.39 is 24.2 Å². The van der Waals surface area contributed by atoms with Gasteiger partial charge in [-0.2, -0.15) is 5.10 Å². The molecule has 3 aliphatic rings. The van der Waals surface area contributed by atoms with Crippen molar-refractivity contribution < 1.29 is 23.8 Å². The number of nitrogens with zero attached hydrogens (tertiary/aromatic N) is 5. The molecule has 1 amide bonds. The number of carbonyl (C=O) groups is 1. The molecule has 0 spiro atoms. The predicted molar refractivity (Wildman–Crippen MR) is 144 cm³/mol. The van der Waals surface area contributed by atoms with Crippen molar-refractivity contribution in [1.82, 2.24) is 19.5 Å². The van der Waals surface area contributed by atoms with Crippen LogP contribution in [0, 0.1) is 5.82 Å². The summed E-state index contributed by atoms with van der Waals surface area (Å²) in [5.41, 5.74) is 4.12. The molecule has 40 heavy (non-hydrogen) atoms. The van der Waals surface area contributed by atoms with Crippen molar-refractivity contribution in [3.05, 3.63) is 82.9 Å². The number of carbonyl (C=O) groups excluding carboxylic acids is 1. The van der Waals surface area contributed by atoms with Crippen molar-refractivity contribution in [3.8, 4) is 11.3 Å². The van der Waals surface area contributed by atoms with Gasteiger partial charge in [-0.25, -0.2) is 18.3 Å². The number of halogens is 2. The van der Waals surface area contributed by atoms with Crippen LogP contribution in [0.2, 0.25) is 0 Å². The molecule has 206 valence electrons. The molecule has 4 atom stereocenters. The van der Waals surface area contributed by atoms with Crippen LogP contribution < -0.4 is 4.90 Å². The molecule has 2 aliphatic heterocycles. The predicted octanol–water partition coefficient (Wildman–Crippen LogP) is 4.18. The van der Waals surface area contributed by atoms with Crippen molar-refractivity contribution in [2.75, 3.05) is 24.5 Å². The quantitative estimate of drug-likeness (QED) is 0.400. The summed E-state index contributed by atoms with van der Waals surface area (Å²) >= 11 is 0. The normalized spacial score (nSPS) is 24.5. The number of fused-ring (bicyclic) bond motifs is 2. The second kappa shape index (κ2) is 9.35. The molecule has 0 bridgehead atoms. The van der Waals surface area contributed by atoms with Gasteiger partial charge in [0.15, 0.2) is 5.65 Å². The van der Waals surface area contributed by atoms with E-state index in [0.717, 1.165) is 24.1 Å². The number of amides is 1. The fraction of sp³-hybridized carbons (Fsp3) is 0.367. The van der Waals surface area contributed by atoms with Crippen molar-refractivity contribution in [3.63, 3.8) is 0 Å². The van der Waals surface area contributed by atoms with E-state index in [-0.39, 0.29) is 48.8 Å². The van der Waals surface area contributed by atoms with Crippen molar-refractivity contribution in [2.24, 2.45) is 0 Å². The maximum absolute atomic E-state index is 15.3. The van der Waals surface area contributed by atoms with Gasteiger partial charge >= 0.3 is 0 Å². The molecular formula is C30H29F2N5O3. The number of aliphatic hydroxyl groups excluding tert-OH is 2. The van der Waals surface area contributed by atoms with Crippen LogP contribution in [-0.4, -0.2) is 67.5 Å². The molecule has 4 aromatic rings. The molecule has 7 rings (SSSR count). The molecule has 2 aromatic carbocycles. The molecule has 0 radical (unpaired) electrons. The maximum atomic E-state index is 15.3. The third kappa shape index (κ3) is 4.13. The molecule has 1 aliphatic carbocycles. The first kappa shape index (κ1) is 25.1. The molecular weight excluding hydrogens is 516 g/mol. The Morgan fingerprint density at radius 1 is 0.975 bits per heavy atom. The first-order valence-electron chi connectivity index (χ1n) is 13.6. The van der Waals surface area contributed by atoms with Crippen LogP contribution in [0.15, 0.2) is 54.6 Å². The minimum atomic E-state index is -1.28. The van der Waals surface area contributed by atoms with Crippen LogP contribution in [0.4, 0.5) is 14.5 Å². The highest BCUT2D eigenvalue weighted by Crippen LogP contribution is 2.42. The summed E-state index contributed by atoms with van der Waals surface area (Å²) in [4.78, 5) is 21.6. The zero-order valence-electron chi connectivity index (χ0n) is 21.9. The number of β-amino-alcohol motifs (C(OH)–C–C–N with tert-alkyl or cyclic N) is 2. The summed E-state index contributed by atoms with van der Waals surface area (Å²) in [6, 6.07) is 15.1. The number of rotatable bonds is 4. The van der Waals surface area contributed by atoms with E-state index >= 15 is 8.78 Å². The van der Waals surface area contributed by atoms with E-state index in [0.29, 0.717) is 22.6 Å². The number of alkyl halides is 1. The highest BCUT2D eigenvalue weighted by molar-refractivity contribution is 5.93. The zero-order chi connectivity index (χ0) is 27.7. The Morgan fingerprint density at radius 2 is 1.70 bits per heavy atom. The zero-order valence-corrected chi connectivity index (χ0v) is 21.9. The number of hydrogen-bond acceptors (Lipinski definition) is 6. The average molecular weight is 546 g/mol. The first-order chi connectivity index (χ1) is 19.3. The number of anilines is 1. The molecule has 1 unspecified atom stereocenters. The summed E-state index contributed by atoms with van der Waals surface area (Å²) in [6.45, 7) is 2.31. The molecule has 4 heterocycles. The van der Waals surface area contributed by atoms with E-state index in [1.807, 2.05) is 25.1 Å². The van der Waals surface area contributed by atoms with Crippen molar-refractivity contribution in [2.45, 2.75) is 50.1 Å². The average Bonchev–Trinajstić information content (AvgIpc) is 3.62. The summed E-state index contributed by atoms with van der Waals surface area (Å²) < 4.78 is 32.0. The minimum Gasteiger partial charge on any atom is -0.389 e. The number of hydrogen-bond donors (Lipinski definition) is 2. The Labute approximate surface area is 229 Å². The molecule has 2 aromatic heterocycles. The van der Waals surface area contributed by atoms with E-state index in [9.17, 15) is 15.0 Å². The molecule has 1 saturated carbocycles. The Morgan fingerprint density at radius 3 is 2.40 bits per heavy atom. The monoisotopic (exact) mass is 545 g/mol. The fourth-order valence-electron chi connectivity index (χ4n) is 5.98.